The predicted molar refractivity (Wildman–Crippen MR) is 63.9 cm³/mol. The summed E-state index contributed by atoms with van der Waals surface area (Å²) in [5.74, 6) is 0. The fourth-order valence-electron chi connectivity index (χ4n) is 0.581. The summed E-state index contributed by atoms with van der Waals surface area (Å²) >= 11 is 11.5. The molecule has 0 fully saturated rings. The third-order valence-electron chi connectivity index (χ3n) is 1.20. The highest BCUT2D eigenvalue weighted by Crippen LogP contribution is 2.21. The molecule has 0 unspecified atom stereocenters. The Balaban J connectivity index is 0. The Hall–Kier alpha value is -0.200. The van der Waals surface area contributed by atoms with Gasteiger partial charge < -0.3 is 0 Å². The molecule has 2 heteroatoms. The molecule has 0 aliphatic rings. The van der Waals surface area contributed by atoms with Gasteiger partial charge in [0.1, 0.15) is 0 Å². The SMILES string of the molecule is CC.CC.Cc1c(Cl)cccc1Cl. The average Bonchev–Trinajstić information content (AvgIpc) is 2.20. The molecule has 0 saturated carbocycles. The van der Waals surface area contributed by atoms with Crippen molar-refractivity contribution >= 4 is 23.2 Å². The van der Waals surface area contributed by atoms with Crippen LogP contribution in [0.15, 0.2) is 18.2 Å². The van der Waals surface area contributed by atoms with E-state index in [-0.39, 0.29) is 0 Å². The fraction of sp³-hybridized carbons (Fsp3) is 0.455. The first-order valence-corrected chi connectivity index (χ1v) is 5.38. The number of rotatable bonds is 0. The topological polar surface area (TPSA) is 0 Å². The normalized spacial score (nSPS) is 7.62. The molecule has 0 aliphatic heterocycles. The van der Waals surface area contributed by atoms with Gasteiger partial charge in [0, 0.05) is 10.0 Å². The molecule has 0 N–H and O–H groups in total. The Kier molecular flexibility index (Phi) is 11.6. The van der Waals surface area contributed by atoms with Gasteiger partial charge in [0.15, 0.2) is 0 Å². The number of halogens is 2. The van der Waals surface area contributed by atoms with E-state index in [0.29, 0.717) is 0 Å². The summed E-state index contributed by atoms with van der Waals surface area (Å²) in [5.41, 5.74) is 0.945. The maximum Gasteiger partial charge on any atom is 0.0450 e. The number of hydrogen-bond donors (Lipinski definition) is 0. The second-order valence-corrected chi connectivity index (χ2v) is 2.66. The van der Waals surface area contributed by atoms with Gasteiger partial charge in [0.05, 0.1) is 0 Å². The van der Waals surface area contributed by atoms with E-state index >= 15 is 0 Å². The molecular formula is C11H18Cl2. The standard InChI is InChI=1S/C7H6Cl2.2C2H6/c1-5-6(8)3-2-4-7(5)9;2*1-2/h2-4H,1H3;2*1-2H3. The van der Waals surface area contributed by atoms with Crippen LogP contribution in [0.4, 0.5) is 0 Å². The lowest BCUT2D eigenvalue weighted by Gasteiger charge is -1.96. The Morgan fingerprint density at radius 3 is 1.38 bits per heavy atom. The van der Waals surface area contributed by atoms with Crippen molar-refractivity contribution in [1.29, 1.82) is 0 Å². The molecule has 0 nitrogen and oxygen atoms in total. The molecular weight excluding hydrogens is 203 g/mol. The molecule has 0 radical (unpaired) electrons. The van der Waals surface area contributed by atoms with Crippen molar-refractivity contribution in [3.8, 4) is 0 Å². The van der Waals surface area contributed by atoms with Gasteiger partial charge in [-0.3, -0.25) is 0 Å². The smallest absolute Gasteiger partial charge is 0.0450 e. The van der Waals surface area contributed by atoms with Crippen molar-refractivity contribution in [2.75, 3.05) is 0 Å². The lowest BCUT2D eigenvalue weighted by atomic mass is 10.2. The Morgan fingerprint density at radius 2 is 1.15 bits per heavy atom. The van der Waals surface area contributed by atoms with Crippen LogP contribution in [0, 0.1) is 6.92 Å². The molecule has 1 aromatic carbocycles. The first kappa shape index (κ1) is 15.3. The van der Waals surface area contributed by atoms with E-state index in [4.69, 9.17) is 23.2 Å². The highest BCUT2D eigenvalue weighted by molar-refractivity contribution is 6.35. The third-order valence-corrected chi connectivity index (χ3v) is 2.02. The second-order valence-electron chi connectivity index (χ2n) is 1.85. The molecule has 1 aromatic rings. The summed E-state index contributed by atoms with van der Waals surface area (Å²) in [6, 6.07) is 5.48. The summed E-state index contributed by atoms with van der Waals surface area (Å²) < 4.78 is 0. The monoisotopic (exact) mass is 220 g/mol. The van der Waals surface area contributed by atoms with Crippen LogP contribution >= 0.6 is 23.2 Å². The first-order valence-electron chi connectivity index (χ1n) is 4.62. The predicted octanol–water partition coefficient (Wildman–Crippen LogP) is 5.35. The summed E-state index contributed by atoms with van der Waals surface area (Å²) in [6.45, 7) is 9.89. The molecule has 0 heterocycles. The van der Waals surface area contributed by atoms with Crippen LogP contribution < -0.4 is 0 Å². The lowest BCUT2D eigenvalue weighted by molar-refractivity contribution is 1.47. The Morgan fingerprint density at radius 1 is 0.846 bits per heavy atom. The van der Waals surface area contributed by atoms with Gasteiger partial charge in [-0.1, -0.05) is 57.0 Å². The number of benzene rings is 1. The van der Waals surface area contributed by atoms with Gasteiger partial charge in [-0.25, -0.2) is 0 Å². The van der Waals surface area contributed by atoms with Crippen LogP contribution in [0.25, 0.3) is 0 Å². The van der Waals surface area contributed by atoms with Crippen LogP contribution in [-0.2, 0) is 0 Å². The largest absolute Gasteiger partial charge is 0.0840 e. The lowest BCUT2D eigenvalue weighted by Crippen LogP contribution is -1.73. The summed E-state index contributed by atoms with van der Waals surface area (Å²) in [6.07, 6.45) is 0. The zero-order valence-corrected chi connectivity index (χ0v) is 10.5. The molecule has 0 saturated heterocycles. The third kappa shape index (κ3) is 5.95. The fourth-order valence-corrected chi connectivity index (χ4v) is 0.979. The van der Waals surface area contributed by atoms with Gasteiger partial charge in [0.25, 0.3) is 0 Å². The van der Waals surface area contributed by atoms with E-state index in [2.05, 4.69) is 0 Å². The van der Waals surface area contributed by atoms with Crippen LogP contribution in [0.1, 0.15) is 33.3 Å². The second kappa shape index (κ2) is 9.88. The first-order chi connectivity index (χ1) is 6.22. The molecule has 13 heavy (non-hydrogen) atoms. The van der Waals surface area contributed by atoms with Crippen LogP contribution in [0.2, 0.25) is 10.0 Å². The maximum absolute atomic E-state index is 5.73. The van der Waals surface area contributed by atoms with Gasteiger partial charge >= 0.3 is 0 Å². The van der Waals surface area contributed by atoms with Gasteiger partial charge in [-0.2, -0.15) is 0 Å². The minimum absolute atomic E-state index is 0.725. The summed E-state index contributed by atoms with van der Waals surface area (Å²) in [4.78, 5) is 0. The van der Waals surface area contributed by atoms with E-state index in [1.807, 2.05) is 52.8 Å². The molecule has 0 aromatic heterocycles. The number of hydrogen-bond acceptors (Lipinski definition) is 0. The van der Waals surface area contributed by atoms with Gasteiger partial charge in [0.2, 0.25) is 0 Å². The summed E-state index contributed by atoms with van der Waals surface area (Å²) in [7, 11) is 0. The molecule has 0 amide bonds. The molecule has 0 aliphatic carbocycles. The summed E-state index contributed by atoms with van der Waals surface area (Å²) in [5, 5.41) is 1.45. The average molecular weight is 221 g/mol. The Labute approximate surface area is 91.9 Å². The van der Waals surface area contributed by atoms with Crippen molar-refractivity contribution in [3.05, 3.63) is 33.8 Å². The minimum atomic E-state index is 0.725. The highest BCUT2D eigenvalue weighted by Gasteiger charge is 1.96. The molecule has 0 bridgehead atoms. The molecule has 0 spiro atoms. The molecule has 76 valence electrons. The quantitative estimate of drug-likeness (QED) is 0.553. The van der Waals surface area contributed by atoms with E-state index in [0.717, 1.165) is 15.6 Å². The molecule has 0 atom stereocenters. The van der Waals surface area contributed by atoms with Gasteiger partial charge in [-0.05, 0) is 24.6 Å². The van der Waals surface area contributed by atoms with Crippen LogP contribution in [0.5, 0.6) is 0 Å². The van der Waals surface area contributed by atoms with Crippen molar-refractivity contribution in [2.45, 2.75) is 34.6 Å². The van der Waals surface area contributed by atoms with Gasteiger partial charge in [-0.15, -0.1) is 0 Å². The van der Waals surface area contributed by atoms with Crippen molar-refractivity contribution in [2.24, 2.45) is 0 Å². The van der Waals surface area contributed by atoms with E-state index < -0.39 is 0 Å². The van der Waals surface area contributed by atoms with E-state index in [1.165, 1.54) is 0 Å². The van der Waals surface area contributed by atoms with Crippen molar-refractivity contribution in [3.63, 3.8) is 0 Å². The molecule has 1 rings (SSSR count). The van der Waals surface area contributed by atoms with Crippen molar-refractivity contribution < 1.29 is 0 Å². The van der Waals surface area contributed by atoms with E-state index in [1.54, 1.807) is 0 Å². The Bertz CT molecular complexity index is 199. The van der Waals surface area contributed by atoms with Crippen molar-refractivity contribution in [1.82, 2.24) is 0 Å². The van der Waals surface area contributed by atoms with Crippen LogP contribution in [0.3, 0.4) is 0 Å². The van der Waals surface area contributed by atoms with Crippen LogP contribution in [-0.4, -0.2) is 0 Å². The van der Waals surface area contributed by atoms with E-state index in [9.17, 15) is 0 Å². The highest BCUT2D eigenvalue weighted by atomic mass is 35.5. The minimum Gasteiger partial charge on any atom is -0.0840 e. The maximum atomic E-state index is 5.73. The zero-order chi connectivity index (χ0) is 10.9. The zero-order valence-electron chi connectivity index (χ0n) is 8.99.